The van der Waals surface area contributed by atoms with Crippen molar-refractivity contribution >= 4 is 17.5 Å². The average Bonchev–Trinajstić information content (AvgIpc) is 2.83. The third-order valence-corrected chi connectivity index (χ3v) is 4.58. The number of carbonyl (C=O) groups excluding carboxylic acids is 1. The molecule has 0 spiro atoms. The summed E-state index contributed by atoms with van der Waals surface area (Å²) >= 11 is 5.97. The number of amides is 1. The zero-order valence-corrected chi connectivity index (χ0v) is 13.5. The fraction of sp³-hybridized carbons (Fsp3) is 0.588. The molecule has 3 heteroatoms. The van der Waals surface area contributed by atoms with Gasteiger partial charge in [0.05, 0.1) is 0 Å². The van der Waals surface area contributed by atoms with Crippen molar-refractivity contribution in [2.75, 3.05) is 13.1 Å². The van der Waals surface area contributed by atoms with E-state index in [0.717, 1.165) is 18.1 Å². The second-order valence-corrected chi connectivity index (χ2v) is 6.90. The minimum Gasteiger partial charge on any atom is -0.342 e. The van der Waals surface area contributed by atoms with Crippen LogP contribution in [0.15, 0.2) is 24.3 Å². The Balaban J connectivity index is 2.22. The first kappa shape index (κ1) is 15.4. The van der Waals surface area contributed by atoms with Gasteiger partial charge in [0.15, 0.2) is 0 Å². The lowest BCUT2D eigenvalue weighted by molar-refractivity contribution is -0.133. The largest absolute Gasteiger partial charge is 0.342 e. The fourth-order valence-corrected chi connectivity index (χ4v) is 3.24. The molecule has 2 nitrogen and oxygen atoms in total. The summed E-state index contributed by atoms with van der Waals surface area (Å²) in [7, 11) is 0. The average molecular weight is 294 g/mol. The van der Waals surface area contributed by atoms with Crippen LogP contribution in [0.1, 0.15) is 39.2 Å². The first-order valence-electron chi connectivity index (χ1n) is 7.44. The van der Waals surface area contributed by atoms with Crippen LogP contribution in [0.4, 0.5) is 0 Å². The Bertz CT molecular complexity index is 466. The highest BCUT2D eigenvalue weighted by molar-refractivity contribution is 6.30. The molecule has 1 aromatic carbocycles. The molecule has 1 fully saturated rings. The van der Waals surface area contributed by atoms with Crippen LogP contribution in [0.3, 0.4) is 0 Å². The van der Waals surface area contributed by atoms with Crippen molar-refractivity contribution in [3.05, 3.63) is 34.9 Å². The molecule has 2 atom stereocenters. The summed E-state index contributed by atoms with van der Waals surface area (Å²) in [5, 5.41) is 0.767. The molecule has 0 saturated carbocycles. The molecule has 1 saturated heterocycles. The van der Waals surface area contributed by atoms with Crippen LogP contribution in [0, 0.1) is 17.8 Å². The van der Waals surface area contributed by atoms with Gasteiger partial charge in [-0.05, 0) is 29.5 Å². The van der Waals surface area contributed by atoms with Gasteiger partial charge < -0.3 is 4.90 Å². The van der Waals surface area contributed by atoms with Gasteiger partial charge in [-0.15, -0.1) is 0 Å². The molecule has 1 aliphatic rings. The summed E-state index contributed by atoms with van der Waals surface area (Å²) in [6, 6.07) is 8.10. The molecule has 0 bridgehead atoms. The van der Waals surface area contributed by atoms with Crippen molar-refractivity contribution in [3.63, 3.8) is 0 Å². The Hall–Kier alpha value is -1.02. The number of halogens is 1. The topological polar surface area (TPSA) is 20.3 Å². The van der Waals surface area contributed by atoms with Gasteiger partial charge in [0.25, 0.3) is 0 Å². The lowest BCUT2D eigenvalue weighted by atomic mass is 9.82. The number of hydrogen-bond donors (Lipinski definition) is 0. The van der Waals surface area contributed by atoms with E-state index in [9.17, 15) is 4.79 Å². The Morgan fingerprint density at radius 2 is 1.75 bits per heavy atom. The maximum Gasteiger partial charge on any atom is 0.225 e. The number of nitrogens with zero attached hydrogens (tertiary/aromatic N) is 1. The van der Waals surface area contributed by atoms with E-state index in [1.807, 2.05) is 30.9 Å². The van der Waals surface area contributed by atoms with Crippen molar-refractivity contribution in [2.45, 2.75) is 33.6 Å². The molecule has 0 radical (unpaired) electrons. The molecule has 2 unspecified atom stereocenters. The normalized spacial score (nSPS) is 22.9. The van der Waals surface area contributed by atoms with Gasteiger partial charge in [0.2, 0.25) is 5.91 Å². The van der Waals surface area contributed by atoms with Gasteiger partial charge in [-0.2, -0.15) is 0 Å². The van der Waals surface area contributed by atoms with Gasteiger partial charge in [-0.25, -0.2) is 0 Å². The Kier molecular flexibility index (Phi) is 4.74. The van der Waals surface area contributed by atoms with Crippen molar-refractivity contribution in [2.24, 2.45) is 17.8 Å². The van der Waals surface area contributed by atoms with Gasteiger partial charge in [0, 0.05) is 29.9 Å². The Morgan fingerprint density at radius 1 is 1.15 bits per heavy atom. The third kappa shape index (κ3) is 3.17. The zero-order chi connectivity index (χ0) is 14.9. The van der Waals surface area contributed by atoms with E-state index < -0.39 is 0 Å². The van der Waals surface area contributed by atoms with Crippen molar-refractivity contribution in [1.29, 1.82) is 0 Å². The zero-order valence-electron chi connectivity index (χ0n) is 12.8. The summed E-state index contributed by atoms with van der Waals surface area (Å²) in [6.45, 7) is 10.2. The van der Waals surface area contributed by atoms with Gasteiger partial charge in [0.1, 0.15) is 0 Å². The van der Waals surface area contributed by atoms with E-state index in [1.165, 1.54) is 5.56 Å². The highest BCUT2D eigenvalue weighted by Crippen LogP contribution is 2.38. The van der Waals surface area contributed by atoms with E-state index >= 15 is 0 Å². The molecule has 2 rings (SSSR count). The van der Waals surface area contributed by atoms with Crippen molar-refractivity contribution in [1.82, 2.24) is 4.90 Å². The molecule has 1 heterocycles. The Labute approximate surface area is 127 Å². The van der Waals surface area contributed by atoms with Crippen LogP contribution in [0.5, 0.6) is 0 Å². The maximum absolute atomic E-state index is 12.2. The van der Waals surface area contributed by atoms with Gasteiger partial charge in [-0.1, -0.05) is 51.4 Å². The number of likely N-dealkylation sites (tertiary alicyclic amines) is 1. The van der Waals surface area contributed by atoms with E-state index in [-0.39, 0.29) is 11.8 Å². The van der Waals surface area contributed by atoms with Crippen LogP contribution < -0.4 is 0 Å². The number of carbonyl (C=O) groups is 1. The lowest BCUT2D eigenvalue weighted by Gasteiger charge is -2.21. The first-order chi connectivity index (χ1) is 9.40. The molecule has 110 valence electrons. The number of benzene rings is 1. The first-order valence-corrected chi connectivity index (χ1v) is 7.82. The minimum absolute atomic E-state index is 0.0757. The predicted octanol–water partition coefficient (Wildman–Crippen LogP) is 4.19. The van der Waals surface area contributed by atoms with E-state index in [2.05, 4.69) is 26.0 Å². The van der Waals surface area contributed by atoms with Crippen LogP contribution >= 0.6 is 11.6 Å². The van der Waals surface area contributed by atoms with Gasteiger partial charge in [-0.3, -0.25) is 4.79 Å². The molecule has 20 heavy (non-hydrogen) atoms. The van der Waals surface area contributed by atoms with Gasteiger partial charge >= 0.3 is 0 Å². The standard InChI is InChI=1S/C17H24ClNO/c1-11(2)15-9-19(17(20)12(3)4)10-16(15)13-5-7-14(18)8-6-13/h5-8,11-12,15-16H,9-10H2,1-4H3. The summed E-state index contributed by atoms with van der Waals surface area (Å²) in [4.78, 5) is 14.3. The van der Waals surface area contributed by atoms with Crippen LogP contribution in [-0.2, 0) is 4.79 Å². The Morgan fingerprint density at radius 3 is 2.25 bits per heavy atom. The van der Waals surface area contributed by atoms with E-state index in [0.29, 0.717) is 17.8 Å². The monoisotopic (exact) mass is 293 g/mol. The number of hydrogen-bond acceptors (Lipinski definition) is 1. The van der Waals surface area contributed by atoms with E-state index in [4.69, 9.17) is 11.6 Å². The van der Waals surface area contributed by atoms with Crippen LogP contribution in [0.2, 0.25) is 5.02 Å². The molecule has 1 aromatic rings. The molecule has 0 N–H and O–H groups in total. The second-order valence-electron chi connectivity index (χ2n) is 6.46. The fourth-order valence-electron chi connectivity index (χ4n) is 3.11. The molecule has 0 aliphatic carbocycles. The SMILES string of the molecule is CC(C)C(=O)N1CC(c2ccc(Cl)cc2)C(C(C)C)C1. The highest BCUT2D eigenvalue weighted by atomic mass is 35.5. The number of rotatable bonds is 3. The summed E-state index contributed by atoms with van der Waals surface area (Å²) in [5.41, 5.74) is 1.30. The summed E-state index contributed by atoms with van der Waals surface area (Å²) in [6.07, 6.45) is 0. The smallest absolute Gasteiger partial charge is 0.225 e. The second kappa shape index (κ2) is 6.17. The quantitative estimate of drug-likeness (QED) is 0.818. The lowest BCUT2D eigenvalue weighted by Crippen LogP contribution is -2.32. The van der Waals surface area contributed by atoms with E-state index in [1.54, 1.807) is 0 Å². The molecule has 0 aromatic heterocycles. The molecule has 1 amide bonds. The van der Waals surface area contributed by atoms with Crippen molar-refractivity contribution < 1.29 is 4.79 Å². The molecular formula is C17H24ClNO. The molecule has 1 aliphatic heterocycles. The third-order valence-electron chi connectivity index (χ3n) is 4.33. The van der Waals surface area contributed by atoms with Crippen LogP contribution in [0.25, 0.3) is 0 Å². The minimum atomic E-state index is 0.0757. The highest BCUT2D eigenvalue weighted by Gasteiger charge is 2.37. The summed E-state index contributed by atoms with van der Waals surface area (Å²) in [5.74, 6) is 1.87. The van der Waals surface area contributed by atoms with Crippen LogP contribution in [-0.4, -0.2) is 23.9 Å². The summed E-state index contributed by atoms with van der Waals surface area (Å²) < 4.78 is 0. The van der Waals surface area contributed by atoms with Crippen molar-refractivity contribution in [3.8, 4) is 0 Å². The predicted molar refractivity (Wildman–Crippen MR) is 83.9 cm³/mol. The molecular weight excluding hydrogens is 270 g/mol. The maximum atomic E-state index is 12.2.